The van der Waals surface area contributed by atoms with Crippen molar-refractivity contribution in [1.82, 2.24) is 10.2 Å². The largest absolute Gasteiger partial charge is 0.465 e. The number of carboxylic acid groups (broad SMARTS) is 1. The number of likely N-dealkylation sites (tertiary alicyclic amines) is 1. The van der Waals surface area contributed by atoms with E-state index in [4.69, 9.17) is 9.84 Å². The zero-order valence-corrected chi connectivity index (χ0v) is 11.3. The van der Waals surface area contributed by atoms with Crippen LogP contribution in [-0.4, -0.2) is 40.8 Å². The number of benzene rings is 1. The molecule has 1 aromatic carbocycles. The zero-order chi connectivity index (χ0) is 14.6. The van der Waals surface area contributed by atoms with Crippen molar-refractivity contribution in [3.63, 3.8) is 0 Å². The number of amides is 2. The predicted octanol–water partition coefficient (Wildman–Crippen LogP) is 2.06. The van der Waals surface area contributed by atoms with E-state index in [0.717, 1.165) is 5.56 Å². The van der Waals surface area contributed by atoms with E-state index in [-0.39, 0.29) is 13.2 Å². The van der Waals surface area contributed by atoms with Crippen LogP contribution in [0.4, 0.5) is 9.59 Å². The zero-order valence-electron chi connectivity index (χ0n) is 11.3. The molecule has 0 spiro atoms. The molecule has 1 aliphatic heterocycles. The van der Waals surface area contributed by atoms with Crippen molar-refractivity contribution in [3.05, 3.63) is 35.9 Å². The lowest BCUT2D eigenvalue weighted by atomic mass is 10.0. The maximum absolute atomic E-state index is 11.8. The summed E-state index contributed by atoms with van der Waals surface area (Å²) in [6.07, 6.45) is -0.906. The van der Waals surface area contributed by atoms with Crippen LogP contribution in [-0.2, 0) is 11.3 Å². The number of carbonyl (C=O) groups is 2. The first-order valence-electron chi connectivity index (χ1n) is 6.45. The topological polar surface area (TPSA) is 78.9 Å². The van der Waals surface area contributed by atoms with Crippen LogP contribution in [0.15, 0.2) is 30.3 Å². The third kappa shape index (κ3) is 3.63. The van der Waals surface area contributed by atoms with Crippen LogP contribution < -0.4 is 5.32 Å². The van der Waals surface area contributed by atoms with Gasteiger partial charge in [0.05, 0.1) is 5.54 Å². The normalized spacial score (nSPS) is 21.6. The first-order chi connectivity index (χ1) is 9.48. The monoisotopic (exact) mass is 278 g/mol. The van der Waals surface area contributed by atoms with Gasteiger partial charge in [-0.25, -0.2) is 9.59 Å². The van der Waals surface area contributed by atoms with Crippen molar-refractivity contribution in [2.24, 2.45) is 0 Å². The molecule has 2 amide bonds. The third-order valence-electron chi connectivity index (χ3n) is 3.36. The van der Waals surface area contributed by atoms with Crippen LogP contribution in [0.1, 0.15) is 18.9 Å². The second kappa shape index (κ2) is 5.81. The molecule has 1 unspecified atom stereocenters. The molecule has 108 valence electrons. The molecule has 20 heavy (non-hydrogen) atoms. The molecule has 0 aromatic heterocycles. The molecule has 1 fully saturated rings. The Labute approximate surface area is 117 Å². The molecule has 0 saturated carbocycles. The highest BCUT2D eigenvalue weighted by Gasteiger charge is 2.37. The van der Waals surface area contributed by atoms with Crippen molar-refractivity contribution in [2.75, 3.05) is 13.1 Å². The molecular weight excluding hydrogens is 260 g/mol. The summed E-state index contributed by atoms with van der Waals surface area (Å²) in [6.45, 7) is 2.72. The minimum Gasteiger partial charge on any atom is -0.465 e. The molecule has 6 nitrogen and oxygen atoms in total. The molecule has 0 radical (unpaired) electrons. The van der Waals surface area contributed by atoms with E-state index in [1.807, 2.05) is 37.3 Å². The lowest BCUT2D eigenvalue weighted by Crippen LogP contribution is -2.48. The van der Waals surface area contributed by atoms with Gasteiger partial charge < -0.3 is 20.1 Å². The minimum absolute atomic E-state index is 0.200. The molecule has 2 N–H and O–H groups in total. The van der Waals surface area contributed by atoms with Crippen molar-refractivity contribution >= 4 is 12.2 Å². The minimum atomic E-state index is -0.965. The number of alkyl carbamates (subject to hydrolysis) is 1. The molecular formula is C14H18N2O4. The number of nitrogens with one attached hydrogen (secondary N) is 1. The maximum Gasteiger partial charge on any atom is 0.407 e. The summed E-state index contributed by atoms with van der Waals surface area (Å²) in [5, 5.41) is 11.7. The molecule has 2 rings (SSSR count). The van der Waals surface area contributed by atoms with Crippen LogP contribution >= 0.6 is 0 Å². The van der Waals surface area contributed by atoms with Crippen molar-refractivity contribution in [2.45, 2.75) is 25.5 Å². The SMILES string of the molecule is CC1(NC(=O)OCc2ccccc2)CCN(C(=O)O)C1. The highest BCUT2D eigenvalue weighted by molar-refractivity contribution is 5.69. The Morgan fingerprint density at radius 1 is 1.40 bits per heavy atom. The second-order valence-electron chi connectivity index (χ2n) is 5.20. The summed E-state index contributed by atoms with van der Waals surface area (Å²) in [5.41, 5.74) is 0.345. The van der Waals surface area contributed by atoms with Gasteiger partial charge in [-0.3, -0.25) is 0 Å². The van der Waals surface area contributed by atoms with E-state index >= 15 is 0 Å². The van der Waals surface area contributed by atoms with Crippen LogP contribution in [0.25, 0.3) is 0 Å². The van der Waals surface area contributed by atoms with E-state index in [1.165, 1.54) is 4.90 Å². The van der Waals surface area contributed by atoms with E-state index in [2.05, 4.69) is 5.32 Å². The van der Waals surface area contributed by atoms with E-state index in [1.54, 1.807) is 0 Å². The highest BCUT2D eigenvalue weighted by atomic mass is 16.5. The first kappa shape index (κ1) is 14.2. The van der Waals surface area contributed by atoms with Gasteiger partial charge in [-0.05, 0) is 18.9 Å². The van der Waals surface area contributed by atoms with Crippen LogP contribution in [0.3, 0.4) is 0 Å². The Morgan fingerprint density at radius 3 is 2.70 bits per heavy atom. The molecule has 1 atom stereocenters. The van der Waals surface area contributed by atoms with Crippen molar-refractivity contribution < 1.29 is 19.4 Å². The number of hydrogen-bond donors (Lipinski definition) is 2. The number of ether oxygens (including phenoxy) is 1. The van der Waals surface area contributed by atoms with Crippen LogP contribution in [0.5, 0.6) is 0 Å². The average Bonchev–Trinajstić information content (AvgIpc) is 2.80. The molecule has 0 aliphatic carbocycles. The Kier molecular flexibility index (Phi) is 4.12. The maximum atomic E-state index is 11.8. The molecule has 1 aliphatic rings. The lowest BCUT2D eigenvalue weighted by molar-refractivity contribution is 0.125. The fourth-order valence-electron chi connectivity index (χ4n) is 2.23. The van der Waals surface area contributed by atoms with Gasteiger partial charge in [0, 0.05) is 13.1 Å². The molecule has 1 aromatic rings. The van der Waals surface area contributed by atoms with Gasteiger partial charge in [-0.2, -0.15) is 0 Å². The summed E-state index contributed by atoms with van der Waals surface area (Å²) in [7, 11) is 0. The van der Waals surface area contributed by atoms with Gasteiger partial charge >= 0.3 is 12.2 Å². The first-order valence-corrected chi connectivity index (χ1v) is 6.45. The average molecular weight is 278 g/mol. The van der Waals surface area contributed by atoms with Crippen molar-refractivity contribution in [3.8, 4) is 0 Å². The second-order valence-corrected chi connectivity index (χ2v) is 5.20. The summed E-state index contributed by atoms with van der Waals surface area (Å²) in [4.78, 5) is 23.9. The molecule has 6 heteroatoms. The Hall–Kier alpha value is -2.24. The quantitative estimate of drug-likeness (QED) is 0.887. The van der Waals surface area contributed by atoms with Gasteiger partial charge in [0.1, 0.15) is 6.61 Å². The molecule has 1 heterocycles. The fourth-order valence-corrected chi connectivity index (χ4v) is 2.23. The summed E-state index contributed by atoms with van der Waals surface area (Å²) < 4.78 is 5.13. The Balaban J connectivity index is 1.81. The molecule has 1 saturated heterocycles. The van der Waals surface area contributed by atoms with Crippen LogP contribution in [0, 0.1) is 0 Å². The highest BCUT2D eigenvalue weighted by Crippen LogP contribution is 2.20. The number of carbonyl (C=O) groups excluding carboxylic acids is 1. The smallest absolute Gasteiger partial charge is 0.407 e. The van der Waals surface area contributed by atoms with Crippen molar-refractivity contribution in [1.29, 1.82) is 0 Å². The number of hydrogen-bond acceptors (Lipinski definition) is 3. The van der Waals surface area contributed by atoms with Gasteiger partial charge in [-0.15, -0.1) is 0 Å². The van der Waals surface area contributed by atoms with Gasteiger partial charge in [0.25, 0.3) is 0 Å². The summed E-state index contributed by atoms with van der Waals surface area (Å²) >= 11 is 0. The fraction of sp³-hybridized carbons (Fsp3) is 0.429. The Morgan fingerprint density at radius 2 is 2.10 bits per heavy atom. The van der Waals surface area contributed by atoms with Gasteiger partial charge in [-0.1, -0.05) is 30.3 Å². The predicted molar refractivity (Wildman–Crippen MR) is 72.4 cm³/mol. The van der Waals surface area contributed by atoms with Gasteiger partial charge in [0.2, 0.25) is 0 Å². The number of rotatable bonds is 3. The van der Waals surface area contributed by atoms with E-state index in [0.29, 0.717) is 13.0 Å². The number of nitrogens with zero attached hydrogens (tertiary/aromatic N) is 1. The standard InChI is InChI=1S/C14H18N2O4/c1-14(7-8-16(10-14)13(18)19)15-12(17)20-9-11-5-3-2-4-6-11/h2-6H,7-10H2,1H3,(H,15,17)(H,18,19). The van der Waals surface area contributed by atoms with E-state index < -0.39 is 17.7 Å². The van der Waals surface area contributed by atoms with E-state index in [9.17, 15) is 9.59 Å². The van der Waals surface area contributed by atoms with Gasteiger partial charge in [0.15, 0.2) is 0 Å². The summed E-state index contributed by atoms with van der Waals surface area (Å²) in [6, 6.07) is 9.39. The Bertz CT molecular complexity index is 491. The lowest BCUT2D eigenvalue weighted by Gasteiger charge is -2.24. The third-order valence-corrected chi connectivity index (χ3v) is 3.36. The molecule has 0 bridgehead atoms. The summed E-state index contributed by atoms with van der Waals surface area (Å²) in [5.74, 6) is 0. The van der Waals surface area contributed by atoms with Crippen LogP contribution in [0.2, 0.25) is 0 Å².